The van der Waals surface area contributed by atoms with Crippen LogP contribution in [0.3, 0.4) is 0 Å². The first-order valence-electron chi connectivity index (χ1n) is 7.72. The van der Waals surface area contributed by atoms with Crippen LogP contribution in [-0.4, -0.2) is 11.2 Å². The van der Waals surface area contributed by atoms with E-state index in [1.807, 2.05) is 12.1 Å². The van der Waals surface area contributed by atoms with Crippen molar-refractivity contribution in [2.45, 2.75) is 44.1 Å². The van der Waals surface area contributed by atoms with Crippen molar-refractivity contribution in [1.29, 1.82) is 0 Å². The molecule has 1 aliphatic rings. The third-order valence-corrected chi connectivity index (χ3v) is 4.90. The largest absolute Gasteiger partial charge is 0.393 e. The monoisotopic (exact) mass is 344 g/mol. The zero-order valence-electron chi connectivity index (χ0n) is 12.1. The summed E-state index contributed by atoms with van der Waals surface area (Å²) in [7, 11) is 0. The van der Waals surface area contributed by atoms with Gasteiger partial charge in [0.2, 0.25) is 0 Å². The predicted octanol–water partition coefficient (Wildman–Crippen LogP) is 4.86. The smallest absolute Gasteiger partial charge is 0.0586 e. The third kappa shape index (κ3) is 3.75. The summed E-state index contributed by atoms with van der Waals surface area (Å²) in [5.74, 6) is 0.511. The molecule has 0 aliphatic heterocycles. The van der Waals surface area contributed by atoms with Crippen LogP contribution in [0.15, 0.2) is 53.0 Å². The minimum atomic E-state index is -0.268. The summed E-state index contributed by atoms with van der Waals surface area (Å²) < 4.78 is 1.08. The highest BCUT2D eigenvalue weighted by atomic mass is 79.9. The van der Waals surface area contributed by atoms with E-state index < -0.39 is 0 Å². The van der Waals surface area contributed by atoms with E-state index in [-0.39, 0.29) is 6.10 Å². The van der Waals surface area contributed by atoms with Crippen LogP contribution in [0.4, 0.5) is 0 Å². The maximum absolute atomic E-state index is 10.5. The van der Waals surface area contributed by atoms with Gasteiger partial charge in [-0.2, -0.15) is 0 Å². The molecule has 0 radical (unpaired) electrons. The number of aryl methyl sites for hydroxylation is 1. The standard InChI is InChI=1S/C19H21BrO/c20-17-9-3-5-14(11-17)12-18(21)13-16-8-4-7-15-6-1-2-10-19(15)16/h1-3,5-6,9-11,16,18,21H,4,7-8,12-13H2. The summed E-state index contributed by atoms with van der Waals surface area (Å²) in [6.07, 6.45) is 4.96. The molecule has 2 aromatic carbocycles. The second-order valence-corrected chi connectivity index (χ2v) is 6.93. The molecule has 2 aromatic rings. The highest BCUT2D eigenvalue weighted by Gasteiger charge is 2.22. The average molecular weight is 345 g/mol. The van der Waals surface area contributed by atoms with Gasteiger partial charge in [-0.3, -0.25) is 0 Å². The highest BCUT2D eigenvalue weighted by molar-refractivity contribution is 9.10. The van der Waals surface area contributed by atoms with E-state index in [0.717, 1.165) is 17.3 Å². The van der Waals surface area contributed by atoms with E-state index in [9.17, 15) is 5.11 Å². The Labute approximate surface area is 135 Å². The Morgan fingerprint density at radius 2 is 2.00 bits per heavy atom. The van der Waals surface area contributed by atoms with E-state index in [0.29, 0.717) is 5.92 Å². The Bertz CT molecular complexity index is 608. The topological polar surface area (TPSA) is 20.2 Å². The van der Waals surface area contributed by atoms with E-state index in [1.165, 1.54) is 36.0 Å². The maximum atomic E-state index is 10.5. The average Bonchev–Trinajstić information content (AvgIpc) is 2.47. The molecule has 2 heteroatoms. The lowest BCUT2D eigenvalue weighted by atomic mass is 9.79. The van der Waals surface area contributed by atoms with Crippen LogP contribution in [0.5, 0.6) is 0 Å². The van der Waals surface area contributed by atoms with Crippen molar-refractivity contribution < 1.29 is 5.11 Å². The van der Waals surface area contributed by atoms with Crippen LogP contribution in [0.2, 0.25) is 0 Å². The van der Waals surface area contributed by atoms with Gasteiger partial charge in [0.15, 0.2) is 0 Å². The van der Waals surface area contributed by atoms with Gasteiger partial charge >= 0.3 is 0 Å². The molecule has 0 spiro atoms. The van der Waals surface area contributed by atoms with Crippen LogP contribution < -0.4 is 0 Å². The number of aliphatic hydroxyl groups is 1. The van der Waals surface area contributed by atoms with Gasteiger partial charge in [-0.25, -0.2) is 0 Å². The van der Waals surface area contributed by atoms with E-state index in [2.05, 4.69) is 52.3 Å². The summed E-state index contributed by atoms with van der Waals surface area (Å²) in [5.41, 5.74) is 4.13. The Hall–Kier alpha value is -1.12. The maximum Gasteiger partial charge on any atom is 0.0586 e. The molecule has 1 N–H and O–H groups in total. The second kappa shape index (κ2) is 6.76. The molecular weight excluding hydrogens is 324 g/mol. The SMILES string of the molecule is OC(Cc1cccc(Br)c1)CC1CCCc2ccccc21. The molecule has 2 atom stereocenters. The highest BCUT2D eigenvalue weighted by Crippen LogP contribution is 2.35. The van der Waals surface area contributed by atoms with Gasteiger partial charge in [0.25, 0.3) is 0 Å². The molecule has 0 fully saturated rings. The zero-order valence-corrected chi connectivity index (χ0v) is 13.7. The van der Waals surface area contributed by atoms with Gasteiger partial charge in [-0.15, -0.1) is 0 Å². The lowest BCUT2D eigenvalue weighted by Gasteiger charge is -2.27. The lowest BCUT2D eigenvalue weighted by molar-refractivity contribution is 0.152. The van der Waals surface area contributed by atoms with Crippen molar-refractivity contribution in [3.63, 3.8) is 0 Å². The second-order valence-electron chi connectivity index (χ2n) is 6.01. The van der Waals surface area contributed by atoms with E-state index in [1.54, 1.807) is 0 Å². The molecule has 2 unspecified atom stereocenters. The first-order valence-corrected chi connectivity index (χ1v) is 8.52. The Kier molecular flexibility index (Phi) is 4.77. The molecule has 1 nitrogen and oxygen atoms in total. The first kappa shape index (κ1) is 14.8. The summed E-state index contributed by atoms with van der Waals surface area (Å²) in [6, 6.07) is 17.0. The molecule has 0 bridgehead atoms. The number of benzene rings is 2. The molecule has 0 saturated heterocycles. The van der Waals surface area contributed by atoms with Gasteiger partial charge in [0.1, 0.15) is 0 Å². The fraction of sp³-hybridized carbons (Fsp3) is 0.368. The number of halogens is 1. The van der Waals surface area contributed by atoms with Crippen LogP contribution in [0.1, 0.15) is 41.9 Å². The molecule has 0 heterocycles. The quantitative estimate of drug-likeness (QED) is 0.839. The van der Waals surface area contributed by atoms with Crippen LogP contribution >= 0.6 is 15.9 Å². The molecule has 0 amide bonds. The number of hydrogen-bond acceptors (Lipinski definition) is 1. The number of hydrogen-bond donors (Lipinski definition) is 1. The van der Waals surface area contributed by atoms with Crippen molar-refractivity contribution in [3.8, 4) is 0 Å². The molecule has 0 saturated carbocycles. The van der Waals surface area contributed by atoms with E-state index in [4.69, 9.17) is 0 Å². The van der Waals surface area contributed by atoms with Crippen molar-refractivity contribution in [2.24, 2.45) is 0 Å². The van der Waals surface area contributed by atoms with Crippen LogP contribution in [0, 0.1) is 0 Å². The molecule has 1 aliphatic carbocycles. The molecule has 0 aromatic heterocycles. The molecular formula is C19H21BrO. The third-order valence-electron chi connectivity index (χ3n) is 4.41. The summed E-state index contributed by atoms with van der Waals surface area (Å²) >= 11 is 3.49. The lowest BCUT2D eigenvalue weighted by Crippen LogP contribution is -2.18. The van der Waals surface area contributed by atoms with Crippen molar-refractivity contribution in [1.82, 2.24) is 0 Å². The molecule has 21 heavy (non-hydrogen) atoms. The summed E-state index contributed by atoms with van der Waals surface area (Å²) in [6.45, 7) is 0. The first-order chi connectivity index (χ1) is 10.2. The zero-order chi connectivity index (χ0) is 14.7. The van der Waals surface area contributed by atoms with Gasteiger partial charge in [0, 0.05) is 4.47 Å². The predicted molar refractivity (Wildman–Crippen MR) is 90.6 cm³/mol. The van der Waals surface area contributed by atoms with Gasteiger partial charge in [0.05, 0.1) is 6.10 Å². The molecule has 3 rings (SSSR count). The van der Waals surface area contributed by atoms with Crippen molar-refractivity contribution in [2.75, 3.05) is 0 Å². The number of aliphatic hydroxyl groups excluding tert-OH is 1. The Morgan fingerprint density at radius 1 is 1.14 bits per heavy atom. The number of rotatable bonds is 4. The van der Waals surface area contributed by atoms with Gasteiger partial charge < -0.3 is 5.11 Å². The Balaban J connectivity index is 1.67. The van der Waals surface area contributed by atoms with Gasteiger partial charge in [-0.05, 0) is 66.8 Å². The minimum Gasteiger partial charge on any atom is -0.393 e. The fourth-order valence-corrected chi connectivity index (χ4v) is 3.89. The fourth-order valence-electron chi connectivity index (χ4n) is 3.45. The Morgan fingerprint density at radius 3 is 2.86 bits per heavy atom. The molecule has 110 valence electrons. The van der Waals surface area contributed by atoms with Gasteiger partial charge in [-0.1, -0.05) is 52.3 Å². The normalized spacial score (nSPS) is 19.0. The van der Waals surface area contributed by atoms with Crippen LogP contribution in [0.25, 0.3) is 0 Å². The minimum absolute atomic E-state index is 0.268. The summed E-state index contributed by atoms with van der Waals surface area (Å²) in [4.78, 5) is 0. The van der Waals surface area contributed by atoms with Crippen LogP contribution in [-0.2, 0) is 12.8 Å². The van der Waals surface area contributed by atoms with Crippen molar-refractivity contribution >= 4 is 15.9 Å². The van der Waals surface area contributed by atoms with Crippen molar-refractivity contribution in [3.05, 3.63) is 69.7 Å². The van der Waals surface area contributed by atoms with E-state index >= 15 is 0 Å². The summed E-state index contributed by atoms with van der Waals surface area (Å²) in [5, 5.41) is 10.5. The number of fused-ring (bicyclic) bond motifs is 1.